The zero-order chi connectivity index (χ0) is 23.4. The first-order chi connectivity index (χ1) is 16.0. The van der Waals surface area contributed by atoms with Crippen molar-refractivity contribution in [3.05, 3.63) is 41.6 Å². The third-order valence-corrected chi connectivity index (χ3v) is 7.33. The maximum absolute atomic E-state index is 13.6. The highest BCUT2D eigenvalue weighted by atomic mass is 16.2. The van der Waals surface area contributed by atoms with Crippen molar-refractivity contribution in [1.29, 1.82) is 0 Å². The minimum atomic E-state index is -0.947. The molecule has 1 fully saturated rings. The predicted octanol–water partition coefficient (Wildman–Crippen LogP) is 4.97. The van der Waals surface area contributed by atoms with E-state index < -0.39 is 5.54 Å². The molecule has 4 rings (SSSR count). The largest absolute Gasteiger partial charge is 0.351 e. The number of benzene rings is 1. The van der Waals surface area contributed by atoms with E-state index in [0.717, 1.165) is 49.8 Å². The molecule has 1 atom stereocenters. The second-order valence-electron chi connectivity index (χ2n) is 9.87. The Balaban J connectivity index is 1.60. The van der Waals surface area contributed by atoms with Gasteiger partial charge in [0.2, 0.25) is 5.91 Å². The molecule has 2 heterocycles. The van der Waals surface area contributed by atoms with E-state index in [9.17, 15) is 9.59 Å². The zero-order valence-corrected chi connectivity index (χ0v) is 20.4. The fourth-order valence-electron chi connectivity index (χ4n) is 5.21. The Labute approximate surface area is 197 Å². The third kappa shape index (κ3) is 4.85. The van der Waals surface area contributed by atoms with Crippen molar-refractivity contribution in [2.75, 3.05) is 6.54 Å². The van der Waals surface area contributed by atoms with E-state index in [-0.39, 0.29) is 17.9 Å². The lowest BCUT2D eigenvalue weighted by molar-refractivity contribution is -0.134. The quantitative estimate of drug-likeness (QED) is 0.676. The van der Waals surface area contributed by atoms with Crippen LogP contribution in [-0.4, -0.2) is 44.6 Å². The monoisotopic (exact) mass is 450 g/mol. The van der Waals surface area contributed by atoms with Crippen LogP contribution in [0.15, 0.2) is 30.3 Å². The summed E-state index contributed by atoms with van der Waals surface area (Å²) in [5.41, 5.74) is 2.66. The highest BCUT2D eigenvalue weighted by molar-refractivity contribution is 6.00. The Bertz CT molecular complexity index is 973. The van der Waals surface area contributed by atoms with Crippen LogP contribution in [-0.2, 0) is 17.8 Å². The number of aromatic nitrogens is 2. The van der Waals surface area contributed by atoms with Crippen LogP contribution in [0.1, 0.15) is 88.2 Å². The summed E-state index contributed by atoms with van der Waals surface area (Å²) in [4.78, 5) is 28.9. The molecule has 2 aliphatic rings. The van der Waals surface area contributed by atoms with Crippen molar-refractivity contribution in [2.45, 2.75) is 96.7 Å². The van der Waals surface area contributed by atoms with Gasteiger partial charge in [0.15, 0.2) is 0 Å². The summed E-state index contributed by atoms with van der Waals surface area (Å²) in [5, 5.41) is 8.08. The molecular weight excluding hydrogens is 412 g/mol. The maximum Gasteiger partial charge on any atom is 0.273 e. The summed E-state index contributed by atoms with van der Waals surface area (Å²) in [6.07, 6.45) is 9.92. The Hall–Kier alpha value is -2.63. The van der Waals surface area contributed by atoms with Crippen molar-refractivity contribution >= 4 is 11.8 Å². The van der Waals surface area contributed by atoms with Gasteiger partial charge in [-0.3, -0.25) is 14.3 Å². The molecule has 2 amide bonds. The normalized spacial score (nSPS) is 21.9. The van der Waals surface area contributed by atoms with Crippen LogP contribution in [0.3, 0.4) is 0 Å². The van der Waals surface area contributed by atoms with Crippen molar-refractivity contribution in [3.8, 4) is 11.3 Å². The Morgan fingerprint density at radius 1 is 1.09 bits per heavy atom. The Morgan fingerprint density at radius 2 is 1.76 bits per heavy atom. The molecule has 1 aromatic carbocycles. The standard InChI is InChI=1S/C27H38N4O2/c1-4-17-30-25(32)24-18-23(21-15-13-20(5-2)14-16-21)29-31(24)19-27(30,3)26(33)28-22-11-9-7-6-8-10-12-22/h13-16,18,22H,4-12,17,19H2,1-3H3,(H,28,33)/t27-/m0/s1. The van der Waals surface area contributed by atoms with E-state index in [2.05, 4.69) is 36.5 Å². The fourth-order valence-corrected chi connectivity index (χ4v) is 5.21. The van der Waals surface area contributed by atoms with Gasteiger partial charge < -0.3 is 10.2 Å². The van der Waals surface area contributed by atoms with Crippen LogP contribution in [0, 0.1) is 0 Å². The van der Waals surface area contributed by atoms with Gasteiger partial charge >= 0.3 is 0 Å². The number of fused-ring (bicyclic) bond motifs is 1. The molecule has 33 heavy (non-hydrogen) atoms. The van der Waals surface area contributed by atoms with E-state index in [1.807, 2.05) is 19.9 Å². The van der Waals surface area contributed by atoms with E-state index in [1.54, 1.807) is 9.58 Å². The molecule has 178 valence electrons. The van der Waals surface area contributed by atoms with Crippen LogP contribution in [0.25, 0.3) is 11.3 Å². The molecule has 6 nitrogen and oxygen atoms in total. The second kappa shape index (κ2) is 10.1. The minimum Gasteiger partial charge on any atom is -0.351 e. The molecule has 0 spiro atoms. The van der Waals surface area contributed by atoms with E-state index in [0.29, 0.717) is 18.8 Å². The maximum atomic E-state index is 13.6. The molecule has 1 saturated carbocycles. The summed E-state index contributed by atoms with van der Waals surface area (Å²) in [6, 6.07) is 10.4. The number of hydrogen-bond donors (Lipinski definition) is 1. The number of rotatable bonds is 6. The van der Waals surface area contributed by atoms with Gasteiger partial charge in [0.25, 0.3) is 5.91 Å². The number of aryl methyl sites for hydroxylation is 1. The molecule has 1 N–H and O–H groups in total. The number of nitrogens with zero attached hydrogens (tertiary/aromatic N) is 3. The number of nitrogens with one attached hydrogen (secondary N) is 1. The average molecular weight is 451 g/mol. The molecule has 1 aliphatic heterocycles. The molecular formula is C27H38N4O2. The van der Waals surface area contributed by atoms with Crippen molar-refractivity contribution in [3.63, 3.8) is 0 Å². The molecule has 6 heteroatoms. The van der Waals surface area contributed by atoms with Gasteiger partial charge in [-0.05, 0) is 44.2 Å². The van der Waals surface area contributed by atoms with Gasteiger partial charge in [-0.15, -0.1) is 0 Å². The number of carbonyl (C=O) groups excluding carboxylic acids is 2. The molecule has 0 bridgehead atoms. The van der Waals surface area contributed by atoms with Gasteiger partial charge in [-0.1, -0.05) is 70.2 Å². The smallest absolute Gasteiger partial charge is 0.273 e. The summed E-state index contributed by atoms with van der Waals surface area (Å²) in [6.45, 7) is 7.01. The lowest BCUT2D eigenvalue weighted by Gasteiger charge is -2.43. The van der Waals surface area contributed by atoms with Crippen LogP contribution >= 0.6 is 0 Å². The van der Waals surface area contributed by atoms with E-state index in [1.165, 1.54) is 24.8 Å². The first kappa shape index (κ1) is 23.5. The van der Waals surface area contributed by atoms with Crippen molar-refractivity contribution in [1.82, 2.24) is 20.0 Å². The van der Waals surface area contributed by atoms with E-state index >= 15 is 0 Å². The van der Waals surface area contributed by atoms with Crippen molar-refractivity contribution < 1.29 is 9.59 Å². The minimum absolute atomic E-state index is 0.0510. The first-order valence-corrected chi connectivity index (χ1v) is 12.8. The lowest BCUT2D eigenvalue weighted by Crippen LogP contribution is -2.65. The number of hydrogen-bond acceptors (Lipinski definition) is 3. The average Bonchev–Trinajstić information content (AvgIpc) is 3.22. The SMILES string of the molecule is CCCN1C(=O)c2cc(-c3ccc(CC)cc3)nn2C[C@@]1(C)C(=O)NC1CCCCCCC1. The third-order valence-electron chi connectivity index (χ3n) is 7.33. The zero-order valence-electron chi connectivity index (χ0n) is 20.4. The number of carbonyl (C=O) groups is 2. The van der Waals surface area contributed by atoms with Gasteiger partial charge in [0, 0.05) is 18.2 Å². The van der Waals surface area contributed by atoms with Gasteiger partial charge in [-0.25, -0.2) is 0 Å². The Morgan fingerprint density at radius 3 is 2.39 bits per heavy atom. The fraction of sp³-hybridized carbons (Fsp3) is 0.593. The molecule has 1 aliphatic carbocycles. The highest BCUT2D eigenvalue weighted by Gasteiger charge is 2.48. The topological polar surface area (TPSA) is 67.2 Å². The van der Waals surface area contributed by atoms with Gasteiger partial charge in [-0.2, -0.15) is 5.10 Å². The lowest BCUT2D eigenvalue weighted by atomic mass is 9.92. The molecule has 1 aromatic heterocycles. The van der Waals surface area contributed by atoms with Crippen LogP contribution in [0.2, 0.25) is 0 Å². The molecule has 0 radical (unpaired) electrons. The first-order valence-electron chi connectivity index (χ1n) is 12.8. The van der Waals surface area contributed by atoms with Gasteiger partial charge in [0.05, 0.1) is 12.2 Å². The molecule has 0 saturated heterocycles. The summed E-state index contributed by atoms with van der Waals surface area (Å²) < 4.78 is 1.75. The van der Waals surface area contributed by atoms with Crippen LogP contribution < -0.4 is 5.32 Å². The summed E-state index contributed by atoms with van der Waals surface area (Å²) in [7, 11) is 0. The summed E-state index contributed by atoms with van der Waals surface area (Å²) in [5.74, 6) is -0.160. The molecule has 2 aromatic rings. The van der Waals surface area contributed by atoms with Crippen LogP contribution in [0.5, 0.6) is 0 Å². The summed E-state index contributed by atoms with van der Waals surface area (Å²) >= 11 is 0. The second-order valence-corrected chi connectivity index (χ2v) is 9.87. The molecule has 0 unspecified atom stereocenters. The predicted molar refractivity (Wildman–Crippen MR) is 131 cm³/mol. The van der Waals surface area contributed by atoms with Crippen LogP contribution in [0.4, 0.5) is 0 Å². The number of amides is 2. The Kier molecular flexibility index (Phi) is 7.20. The van der Waals surface area contributed by atoms with Gasteiger partial charge in [0.1, 0.15) is 11.2 Å². The van der Waals surface area contributed by atoms with Crippen molar-refractivity contribution in [2.24, 2.45) is 0 Å². The highest BCUT2D eigenvalue weighted by Crippen LogP contribution is 2.31. The van der Waals surface area contributed by atoms with E-state index in [4.69, 9.17) is 5.10 Å².